The Morgan fingerprint density at radius 1 is 0.854 bits per heavy atom. The molecule has 10 heteroatoms. The number of allylic oxidation sites excluding steroid dienone is 2. The Labute approximate surface area is 287 Å². The zero-order valence-electron chi connectivity index (χ0n) is 28.7. The van der Waals surface area contributed by atoms with Crippen molar-refractivity contribution in [2.75, 3.05) is 27.1 Å². The van der Waals surface area contributed by atoms with Crippen molar-refractivity contribution in [3.63, 3.8) is 0 Å². The monoisotopic (exact) mass is 698 g/mol. The second kappa shape index (κ2) is 18.9. The summed E-state index contributed by atoms with van der Waals surface area (Å²) >= 11 is 1.88. The van der Waals surface area contributed by atoms with Crippen LogP contribution >= 0.6 is 11.8 Å². The van der Waals surface area contributed by atoms with Crippen LogP contribution in [0.1, 0.15) is 107 Å². The maximum absolute atomic E-state index is 13.1. The van der Waals surface area contributed by atoms with Crippen LogP contribution in [0.25, 0.3) is 0 Å². The number of rotatable bonds is 20. The number of esters is 1. The second-order valence-electron chi connectivity index (χ2n) is 13.0. The highest BCUT2D eigenvalue weighted by atomic mass is 32.2. The van der Waals surface area contributed by atoms with Crippen molar-refractivity contribution in [3.8, 4) is 11.5 Å². The van der Waals surface area contributed by atoms with Gasteiger partial charge in [-0.1, -0.05) is 75.8 Å². The number of hydrogen-bond acceptors (Lipinski definition) is 5. The minimum Gasteiger partial charge on any atom is -0.497 e. The normalized spacial score (nSPS) is 18.8. The fraction of sp³-hybridized carbons (Fsp3) is 0.605. The van der Waals surface area contributed by atoms with E-state index in [0.29, 0.717) is 31.6 Å². The molecule has 0 amide bonds. The highest BCUT2D eigenvalue weighted by molar-refractivity contribution is 7.99. The largest absolute Gasteiger partial charge is 0.497 e. The molecule has 2 aromatic carbocycles. The molecule has 0 fully saturated rings. The van der Waals surface area contributed by atoms with Crippen LogP contribution in [0, 0.1) is 5.92 Å². The average Bonchev–Trinajstić information content (AvgIpc) is 3.07. The van der Waals surface area contributed by atoms with Gasteiger partial charge in [0.1, 0.15) is 11.5 Å². The molecule has 48 heavy (non-hydrogen) atoms. The van der Waals surface area contributed by atoms with Gasteiger partial charge in [-0.3, -0.25) is 4.79 Å². The van der Waals surface area contributed by atoms with E-state index in [1.807, 2.05) is 30.0 Å². The van der Waals surface area contributed by atoms with Gasteiger partial charge in [0, 0.05) is 22.5 Å². The Balaban J connectivity index is 1.43. The number of methoxy groups -OCH3 is 3. The van der Waals surface area contributed by atoms with Crippen molar-refractivity contribution in [1.82, 2.24) is 0 Å². The highest BCUT2D eigenvalue weighted by Crippen LogP contribution is 2.52. The van der Waals surface area contributed by atoms with Crippen LogP contribution in [0.15, 0.2) is 59.5 Å². The number of thioether (sulfide) groups is 1. The number of hydrogen-bond donors (Lipinski definition) is 0. The molecule has 0 radical (unpaired) electrons. The zero-order chi connectivity index (χ0) is 35.2. The minimum atomic E-state index is -5.50. The van der Waals surface area contributed by atoms with Crippen LogP contribution in [0.2, 0.25) is 0 Å². The maximum Gasteiger partial charge on any atom is 0.453 e. The zero-order valence-corrected chi connectivity index (χ0v) is 29.5. The van der Waals surface area contributed by atoms with Crippen molar-refractivity contribution in [2.45, 2.75) is 119 Å². The highest BCUT2D eigenvalue weighted by Gasteiger charge is 2.56. The minimum absolute atomic E-state index is 0.0547. The first kappa shape index (κ1) is 39.7. The summed E-state index contributed by atoms with van der Waals surface area (Å²) < 4.78 is 78.9. The molecule has 4 nitrogen and oxygen atoms in total. The van der Waals surface area contributed by atoms with Gasteiger partial charge < -0.3 is 14.2 Å². The lowest BCUT2D eigenvalue weighted by atomic mass is 9.68. The number of unbranched alkanes of at least 4 members (excludes halogenated alkanes) is 7. The van der Waals surface area contributed by atoms with Gasteiger partial charge in [0.05, 0.1) is 27.2 Å². The summed E-state index contributed by atoms with van der Waals surface area (Å²) in [5.74, 6) is -2.22. The molecule has 3 rings (SSSR count). The molecule has 268 valence electrons. The van der Waals surface area contributed by atoms with E-state index in [1.54, 1.807) is 14.2 Å². The number of ether oxygens (including phenoxy) is 3. The van der Waals surface area contributed by atoms with E-state index in [0.717, 1.165) is 55.8 Å². The summed E-state index contributed by atoms with van der Waals surface area (Å²) in [6, 6.07) is 14.8. The molecule has 0 aliphatic carbocycles. The van der Waals surface area contributed by atoms with Crippen LogP contribution < -0.4 is 9.47 Å². The van der Waals surface area contributed by atoms with E-state index in [1.165, 1.54) is 23.1 Å². The van der Waals surface area contributed by atoms with Gasteiger partial charge in [0.2, 0.25) is 0 Å². The summed E-state index contributed by atoms with van der Waals surface area (Å²) in [4.78, 5) is 13.5. The molecule has 0 saturated carbocycles. The number of alkyl halides is 5. The molecular formula is C38H51F5O4S. The molecule has 0 aromatic heterocycles. The van der Waals surface area contributed by atoms with Gasteiger partial charge in [-0.15, -0.1) is 11.8 Å². The fourth-order valence-corrected chi connectivity index (χ4v) is 7.91. The standard InChI is InChI=1S/C38H51F5O4S/c1-36(29-19-21-30(45-2)22-20-29)27-48-34-26-31(46-3)23-24-32(34)33(36)18-14-9-7-5-6-8-12-16-28(35(44)47-4)17-13-10-11-15-25-37(39,40)38(41,42)43/h9,14,19-24,26,28,33H,5-8,10-13,15-18,25,27H2,1-4H3. The first-order chi connectivity index (χ1) is 22.9. The van der Waals surface area contributed by atoms with Gasteiger partial charge >= 0.3 is 18.1 Å². The average molecular weight is 699 g/mol. The maximum atomic E-state index is 13.1. The van der Waals surface area contributed by atoms with Crippen LogP contribution in [0.4, 0.5) is 22.0 Å². The first-order valence-electron chi connectivity index (χ1n) is 17.0. The lowest BCUT2D eigenvalue weighted by molar-refractivity contribution is -0.284. The summed E-state index contributed by atoms with van der Waals surface area (Å²) in [7, 11) is 4.73. The van der Waals surface area contributed by atoms with Crippen LogP contribution in [-0.2, 0) is 14.9 Å². The molecular weight excluding hydrogens is 647 g/mol. The van der Waals surface area contributed by atoms with Crippen molar-refractivity contribution in [3.05, 3.63) is 65.7 Å². The van der Waals surface area contributed by atoms with Crippen LogP contribution in [0.5, 0.6) is 11.5 Å². The van der Waals surface area contributed by atoms with Crippen LogP contribution in [0.3, 0.4) is 0 Å². The topological polar surface area (TPSA) is 44.8 Å². The summed E-state index contributed by atoms with van der Waals surface area (Å²) in [5.41, 5.74) is 2.59. The van der Waals surface area contributed by atoms with E-state index < -0.39 is 18.5 Å². The molecule has 3 atom stereocenters. The summed E-state index contributed by atoms with van der Waals surface area (Å²) in [6.07, 6.45) is 6.15. The summed E-state index contributed by atoms with van der Waals surface area (Å²) in [5, 5.41) is 0. The van der Waals surface area contributed by atoms with Crippen molar-refractivity contribution < 1.29 is 41.0 Å². The van der Waals surface area contributed by atoms with Crippen molar-refractivity contribution >= 4 is 17.7 Å². The van der Waals surface area contributed by atoms with Crippen molar-refractivity contribution in [2.24, 2.45) is 5.92 Å². The fourth-order valence-electron chi connectivity index (χ4n) is 6.51. The van der Waals surface area contributed by atoms with Gasteiger partial charge in [-0.25, -0.2) is 0 Å². The van der Waals surface area contributed by atoms with Gasteiger partial charge in [0.15, 0.2) is 0 Å². The lowest BCUT2D eigenvalue weighted by Crippen LogP contribution is -2.36. The molecule has 1 aliphatic heterocycles. The number of benzene rings is 2. The van der Waals surface area contributed by atoms with E-state index in [-0.39, 0.29) is 30.1 Å². The molecule has 3 unspecified atom stereocenters. The molecule has 2 aromatic rings. The Kier molecular flexibility index (Phi) is 15.6. The Hall–Kier alpha value is -2.75. The van der Waals surface area contributed by atoms with Gasteiger partial charge in [0.25, 0.3) is 0 Å². The first-order valence-corrected chi connectivity index (χ1v) is 18.0. The predicted octanol–water partition coefficient (Wildman–Crippen LogP) is 11.5. The van der Waals surface area contributed by atoms with E-state index in [4.69, 9.17) is 14.2 Å². The Bertz CT molecular complexity index is 1300. The van der Waals surface area contributed by atoms with Crippen molar-refractivity contribution in [1.29, 1.82) is 0 Å². The second-order valence-corrected chi connectivity index (χ2v) is 14.0. The van der Waals surface area contributed by atoms with Gasteiger partial charge in [-0.2, -0.15) is 22.0 Å². The molecule has 1 heterocycles. The molecule has 0 N–H and O–H groups in total. The quantitative estimate of drug-likeness (QED) is 0.0596. The van der Waals surface area contributed by atoms with E-state index in [2.05, 4.69) is 43.3 Å². The van der Waals surface area contributed by atoms with E-state index in [9.17, 15) is 26.7 Å². The number of fused-ring (bicyclic) bond motifs is 1. The molecule has 0 bridgehead atoms. The Morgan fingerprint density at radius 2 is 1.46 bits per heavy atom. The molecule has 0 spiro atoms. The molecule has 0 saturated heterocycles. The SMILES string of the molecule is COC(=O)C(CCCCCCC=CCC1c2ccc(OC)cc2SCC1(C)c1ccc(OC)cc1)CCCCCCC(F)(F)C(F)(F)F. The van der Waals surface area contributed by atoms with Gasteiger partial charge in [-0.05, 0) is 79.8 Å². The Morgan fingerprint density at radius 3 is 2.06 bits per heavy atom. The summed E-state index contributed by atoms with van der Waals surface area (Å²) in [6.45, 7) is 2.36. The third-order valence-electron chi connectivity index (χ3n) is 9.60. The predicted molar refractivity (Wildman–Crippen MR) is 182 cm³/mol. The molecule has 1 aliphatic rings. The third kappa shape index (κ3) is 11.1. The number of halogens is 5. The van der Waals surface area contributed by atoms with E-state index >= 15 is 0 Å². The smallest absolute Gasteiger partial charge is 0.453 e. The van der Waals surface area contributed by atoms with Crippen LogP contribution in [-0.4, -0.2) is 45.2 Å². The lowest BCUT2D eigenvalue weighted by Gasteiger charge is -2.42. The number of carbonyl (C=O) groups excluding carboxylic acids is 1. The third-order valence-corrected chi connectivity index (χ3v) is 11.0. The number of carbonyl (C=O) groups is 1.